The lowest BCUT2D eigenvalue weighted by molar-refractivity contribution is 0.0708. The monoisotopic (exact) mass is 508 g/mol. The summed E-state index contributed by atoms with van der Waals surface area (Å²) in [4.78, 5) is 24.2. The van der Waals surface area contributed by atoms with Gasteiger partial charge in [-0.2, -0.15) is 4.98 Å². The fraction of sp³-hybridized carbons (Fsp3) is 0.444. The van der Waals surface area contributed by atoms with Crippen LogP contribution in [0.4, 0.5) is 8.78 Å². The first-order valence-corrected chi connectivity index (χ1v) is 12.8. The molecule has 2 fully saturated rings. The van der Waals surface area contributed by atoms with Crippen LogP contribution in [0, 0.1) is 11.7 Å². The van der Waals surface area contributed by atoms with Crippen LogP contribution in [-0.2, 0) is 13.6 Å². The molecule has 8 nitrogen and oxygen atoms in total. The number of likely N-dealkylation sites (tertiary alicyclic amines) is 1. The third-order valence-electron chi connectivity index (χ3n) is 7.28. The molecule has 0 spiro atoms. The van der Waals surface area contributed by atoms with Gasteiger partial charge in [-0.1, -0.05) is 0 Å². The zero-order valence-electron chi connectivity index (χ0n) is 21.0. The Labute approximate surface area is 213 Å². The summed E-state index contributed by atoms with van der Waals surface area (Å²) in [7, 11) is 1.77. The second kappa shape index (κ2) is 9.09. The molecule has 3 aromatic heterocycles. The molecule has 2 N–H and O–H groups in total. The van der Waals surface area contributed by atoms with Crippen LogP contribution < -0.4 is 10.5 Å². The SMILES string of the molecule is CC(F)Oc1ccc2cc(-c3nc4cc(C(=O)N5CCC[C@@H](N)C5)cc(F)c4n3C)n(CC3CC3)c2n1. The highest BCUT2D eigenvalue weighted by Crippen LogP contribution is 2.37. The van der Waals surface area contributed by atoms with E-state index in [0.717, 1.165) is 43.3 Å². The zero-order chi connectivity index (χ0) is 25.8. The maximum Gasteiger partial charge on any atom is 0.254 e. The standard InChI is InChI=1S/C27H30F2N6O2/c1-15(28)37-23-8-7-17-12-22(35(25(17)32-23)13-16-5-6-16)26-31-21-11-18(10-20(29)24(21)33(26)2)27(36)34-9-3-4-19(30)14-34/h7-8,10-12,15-16,19H,3-6,9,13-14,30H2,1-2H3/t15?,19-/m1/s1. The molecular weight excluding hydrogens is 478 g/mol. The third kappa shape index (κ3) is 4.43. The van der Waals surface area contributed by atoms with Gasteiger partial charge in [0.05, 0.1) is 11.2 Å². The second-order valence-electron chi connectivity index (χ2n) is 10.3. The maximum atomic E-state index is 15.4. The minimum atomic E-state index is -1.48. The molecule has 1 aliphatic heterocycles. The number of amides is 1. The Morgan fingerprint density at radius 3 is 2.76 bits per heavy atom. The van der Waals surface area contributed by atoms with E-state index in [-0.39, 0.29) is 23.4 Å². The largest absolute Gasteiger partial charge is 0.444 e. The van der Waals surface area contributed by atoms with E-state index >= 15 is 4.39 Å². The number of rotatable bonds is 6. The summed E-state index contributed by atoms with van der Waals surface area (Å²) in [6, 6.07) is 8.34. The molecule has 0 radical (unpaired) electrons. The van der Waals surface area contributed by atoms with Crippen LogP contribution in [0.3, 0.4) is 0 Å². The number of nitrogens with zero attached hydrogens (tertiary/aromatic N) is 5. The van der Waals surface area contributed by atoms with Gasteiger partial charge in [-0.3, -0.25) is 4.79 Å². The lowest BCUT2D eigenvalue weighted by Gasteiger charge is -2.30. The Morgan fingerprint density at radius 1 is 1.22 bits per heavy atom. The number of nitrogens with two attached hydrogens (primary N) is 1. The minimum Gasteiger partial charge on any atom is -0.444 e. The highest BCUT2D eigenvalue weighted by molar-refractivity contribution is 5.98. The fourth-order valence-corrected chi connectivity index (χ4v) is 5.30. The van der Waals surface area contributed by atoms with Gasteiger partial charge in [-0.25, -0.2) is 13.8 Å². The van der Waals surface area contributed by atoms with E-state index in [2.05, 4.69) is 9.55 Å². The van der Waals surface area contributed by atoms with Crippen LogP contribution in [0.15, 0.2) is 30.3 Å². The van der Waals surface area contributed by atoms with E-state index in [4.69, 9.17) is 15.5 Å². The van der Waals surface area contributed by atoms with Crippen molar-refractivity contribution < 1.29 is 18.3 Å². The van der Waals surface area contributed by atoms with Crippen molar-refractivity contribution in [3.8, 4) is 17.4 Å². The van der Waals surface area contributed by atoms with Crippen molar-refractivity contribution in [3.05, 3.63) is 41.7 Å². The van der Waals surface area contributed by atoms with Crippen molar-refractivity contribution in [2.45, 2.75) is 51.6 Å². The average Bonchev–Trinajstić information content (AvgIpc) is 3.53. The molecule has 1 unspecified atom stereocenters. The van der Waals surface area contributed by atoms with E-state index in [9.17, 15) is 9.18 Å². The van der Waals surface area contributed by atoms with Crippen molar-refractivity contribution in [3.63, 3.8) is 0 Å². The predicted molar refractivity (Wildman–Crippen MR) is 136 cm³/mol. The van der Waals surface area contributed by atoms with Crippen LogP contribution in [0.1, 0.15) is 43.0 Å². The van der Waals surface area contributed by atoms with Gasteiger partial charge in [-0.05, 0) is 55.9 Å². The molecule has 1 saturated heterocycles. The number of aromatic nitrogens is 4. The Kier molecular flexibility index (Phi) is 5.86. The topological polar surface area (TPSA) is 91.2 Å². The van der Waals surface area contributed by atoms with Crippen molar-refractivity contribution in [1.29, 1.82) is 0 Å². The zero-order valence-corrected chi connectivity index (χ0v) is 21.0. The molecule has 1 aliphatic carbocycles. The first-order chi connectivity index (χ1) is 17.8. The number of benzene rings is 1. The van der Waals surface area contributed by atoms with Gasteiger partial charge in [0.2, 0.25) is 12.2 Å². The normalized spacial score (nSPS) is 19.1. The molecule has 2 aliphatic rings. The van der Waals surface area contributed by atoms with Gasteiger partial charge < -0.3 is 24.5 Å². The molecule has 1 aromatic carbocycles. The number of aryl methyl sites for hydroxylation is 1. The van der Waals surface area contributed by atoms with Gasteiger partial charge in [0.25, 0.3) is 5.91 Å². The maximum absolute atomic E-state index is 15.4. The second-order valence-corrected chi connectivity index (χ2v) is 10.3. The molecule has 4 aromatic rings. The quantitative estimate of drug-likeness (QED) is 0.417. The molecule has 10 heteroatoms. The number of fused-ring (bicyclic) bond motifs is 2. The van der Waals surface area contributed by atoms with Gasteiger partial charge in [0.1, 0.15) is 17.0 Å². The number of hydrogen-bond acceptors (Lipinski definition) is 5. The van der Waals surface area contributed by atoms with E-state index in [1.54, 1.807) is 28.6 Å². The minimum absolute atomic E-state index is 0.0613. The van der Waals surface area contributed by atoms with Crippen molar-refractivity contribution in [2.24, 2.45) is 18.7 Å². The molecular formula is C27H30F2N6O2. The highest BCUT2D eigenvalue weighted by Gasteiger charge is 2.28. The summed E-state index contributed by atoms with van der Waals surface area (Å²) in [6.07, 6.45) is 2.49. The number of imidazole rings is 1. The lowest BCUT2D eigenvalue weighted by Crippen LogP contribution is -2.45. The molecule has 37 heavy (non-hydrogen) atoms. The number of hydrogen-bond donors (Lipinski definition) is 1. The summed E-state index contributed by atoms with van der Waals surface area (Å²) in [5, 5.41) is 0.861. The average molecular weight is 509 g/mol. The van der Waals surface area contributed by atoms with Crippen LogP contribution in [0.2, 0.25) is 0 Å². The van der Waals surface area contributed by atoms with Gasteiger partial charge >= 0.3 is 0 Å². The van der Waals surface area contributed by atoms with Gasteiger partial charge in [-0.15, -0.1) is 0 Å². The molecule has 6 rings (SSSR count). The van der Waals surface area contributed by atoms with Crippen LogP contribution in [0.5, 0.6) is 5.88 Å². The summed E-state index contributed by atoms with van der Waals surface area (Å²) < 4.78 is 37.8. The van der Waals surface area contributed by atoms with Crippen molar-refractivity contribution in [1.82, 2.24) is 24.0 Å². The van der Waals surface area contributed by atoms with Crippen LogP contribution in [-0.4, -0.2) is 55.4 Å². The molecule has 0 bridgehead atoms. The van der Waals surface area contributed by atoms with Crippen LogP contribution in [0.25, 0.3) is 33.6 Å². The Bertz CT molecular complexity index is 1510. The van der Waals surface area contributed by atoms with Crippen LogP contribution >= 0.6 is 0 Å². The van der Waals surface area contributed by atoms with E-state index < -0.39 is 12.2 Å². The number of halogens is 2. The summed E-state index contributed by atoms with van der Waals surface area (Å²) >= 11 is 0. The number of alkyl halides is 1. The summed E-state index contributed by atoms with van der Waals surface area (Å²) in [6.45, 7) is 3.12. The van der Waals surface area contributed by atoms with E-state index in [1.165, 1.54) is 13.0 Å². The Hall–Kier alpha value is -3.53. The van der Waals surface area contributed by atoms with Crippen molar-refractivity contribution in [2.75, 3.05) is 13.1 Å². The molecule has 194 valence electrons. The van der Waals surface area contributed by atoms with Crippen molar-refractivity contribution >= 4 is 28.0 Å². The third-order valence-corrected chi connectivity index (χ3v) is 7.28. The molecule has 1 amide bonds. The lowest BCUT2D eigenvalue weighted by atomic mass is 10.0. The molecule has 2 atom stereocenters. The first-order valence-electron chi connectivity index (χ1n) is 12.8. The highest BCUT2D eigenvalue weighted by atomic mass is 19.1. The molecule has 4 heterocycles. The van der Waals surface area contributed by atoms with E-state index in [0.29, 0.717) is 41.5 Å². The number of carbonyl (C=O) groups is 1. The number of piperidine rings is 1. The predicted octanol–water partition coefficient (Wildman–Crippen LogP) is 4.40. The Morgan fingerprint density at radius 2 is 2.03 bits per heavy atom. The van der Waals surface area contributed by atoms with Gasteiger partial charge in [0.15, 0.2) is 5.82 Å². The first kappa shape index (κ1) is 23.8. The number of ether oxygens (including phenoxy) is 1. The number of pyridine rings is 1. The van der Waals surface area contributed by atoms with E-state index in [1.807, 2.05) is 12.1 Å². The fourth-order valence-electron chi connectivity index (χ4n) is 5.30. The molecule has 1 saturated carbocycles. The number of carbonyl (C=O) groups excluding carboxylic acids is 1. The smallest absolute Gasteiger partial charge is 0.254 e. The summed E-state index contributed by atoms with van der Waals surface area (Å²) in [5.74, 6) is 0.565. The van der Waals surface area contributed by atoms with Gasteiger partial charge in [0, 0.05) is 56.7 Å². The Balaban J connectivity index is 1.44. The summed E-state index contributed by atoms with van der Waals surface area (Å²) in [5.41, 5.74) is 8.51.